The van der Waals surface area contributed by atoms with Crippen molar-refractivity contribution < 1.29 is 31.8 Å². The van der Waals surface area contributed by atoms with Crippen molar-refractivity contribution in [2.45, 2.75) is 12.8 Å². The van der Waals surface area contributed by atoms with E-state index in [0.717, 1.165) is 17.7 Å². The molecule has 0 aliphatic heterocycles. The van der Waals surface area contributed by atoms with E-state index >= 15 is 0 Å². The van der Waals surface area contributed by atoms with Gasteiger partial charge < -0.3 is 14.8 Å². The first kappa shape index (κ1) is 24.3. The normalized spacial score (nSPS) is 11.5. The van der Waals surface area contributed by atoms with Gasteiger partial charge in [0.1, 0.15) is 24.1 Å². The Bertz CT molecular complexity index is 1250. The molecule has 0 heterocycles. The summed E-state index contributed by atoms with van der Waals surface area (Å²) in [5.41, 5.74) is -0.760. The summed E-state index contributed by atoms with van der Waals surface area (Å²) in [6.07, 6.45) is -3.45. The number of nitrogens with zero attached hydrogens (tertiary/aromatic N) is 1. The molecule has 1 N–H and O–H groups in total. The standard InChI is InChI=1S/C25H18F4N2O3/c1-33-23-13-17(8-11-22(23)34-15-16-6-9-19(26)10-7-16)12-18(14-30)24(32)31-21-5-3-2-4-20(21)25(27,28)29/h2-13H,15H2,1H3,(H,31,32)/b18-12-. The predicted molar refractivity (Wildman–Crippen MR) is 117 cm³/mol. The first-order valence-electron chi connectivity index (χ1n) is 9.86. The monoisotopic (exact) mass is 470 g/mol. The number of benzene rings is 3. The van der Waals surface area contributed by atoms with Gasteiger partial charge >= 0.3 is 6.18 Å². The smallest absolute Gasteiger partial charge is 0.418 e. The van der Waals surface area contributed by atoms with E-state index in [0.29, 0.717) is 17.1 Å². The first-order valence-corrected chi connectivity index (χ1v) is 9.86. The van der Waals surface area contributed by atoms with Crippen molar-refractivity contribution in [2.24, 2.45) is 0 Å². The summed E-state index contributed by atoms with van der Waals surface area (Å²) in [5, 5.41) is 11.5. The van der Waals surface area contributed by atoms with Gasteiger partial charge in [0.25, 0.3) is 5.91 Å². The Labute approximate surface area is 192 Å². The molecule has 3 aromatic carbocycles. The minimum atomic E-state index is -4.67. The molecule has 9 heteroatoms. The molecule has 1 amide bonds. The maximum Gasteiger partial charge on any atom is 0.418 e. The van der Waals surface area contributed by atoms with Gasteiger partial charge in [-0.3, -0.25) is 4.79 Å². The third kappa shape index (κ3) is 6.13. The molecule has 0 bridgehead atoms. The van der Waals surface area contributed by atoms with Gasteiger partial charge in [0.15, 0.2) is 11.5 Å². The van der Waals surface area contributed by atoms with Gasteiger partial charge in [-0.1, -0.05) is 30.3 Å². The summed E-state index contributed by atoms with van der Waals surface area (Å²) in [7, 11) is 1.40. The third-order valence-electron chi connectivity index (χ3n) is 4.65. The molecule has 0 saturated heterocycles. The van der Waals surface area contributed by atoms with Crippen LogP contribution in [0.15, 0.2) is 72.3 Å². The van der Waals surface area contributed by atoms with Gasteiger partial charge in [-0.25, -0.2) is 4.39 Å². The van der Waals surface area contributed by atoms with Crippen LogP contribution in [0.1, 0.15) is 16.7 Å². The maximum absolute atomic E-state index is 13.2. The number of halogens is 4. The zero-order valence-corrected chi connectivity index (χ0v) is 17.8. The first-order chi connectivity index (χ1) is 16.2. The molecule has 174 valence electrons. The lowest BCUT2D eigenvalue weighted by Crippen LogP contribution is -2.17. The summed E-state index contributed by atoms with van der Waals surface area (Å²) in [4.78, 5) is 12.5. The lowest BCUT2D eigenvalue weighted by atomic mass is 10.1. The topological polar surface area (TPSA) is 71.3 Å². The molecule has 3 rings (SSSR count). The Morgan fingerprint density at radius 2 is 1.76 bits per heavy atom. The molecule has 0 spiro atoms. The number of nitriles is 1. The number of alkyl halides is 3. The van der Waals surface area contributed by atoms with Crippen molar-refractivity contribution in [1.82, 2.24) is 0 Å². The van der Waals surface area contributed by atoms with E-state index in [1.165, 1.54) is 43.5 Å². The van der Waals surface area contributed by atoms with Crippen LogP contribution in [0.3, 0.4) is 0 Å². The van der Waals surface area contributed by atoms with Crippen LogP contribution in [0, 0.1) is 17.1 Å². The highest BCUT2D eigenvalue weighted by Crippen LogP contribution is 2.35. The zero-order valence-electron chi connectivity index (χ0n) is 17.8. The molecule has 0 radical (unpaired) electrons. The highest BCUT2D eigenvalue weighted by molar-refractivity contribution is 6.10. The Morgan fingerprint density at radius 3 is 2.41 bits per heavy atom. The Kier molecular flexibility index (Phi) is 7.53. The van der Waals surface area contributed by atoms with Crippen molar-refractivity contribution in [3.8, 4) is 17.6 Å². The SMILES string of the molecule is COc1cc(/C=C(/C#N)C(=O)Nc2ccccc2C(F)(F)F)ccc1OCc1ccc(F)cc1. The average Bonchev–Trinajstić information content (AvgIpc) is 2.82. The summed E-state index contributed by atoms with van der Waals surface area (Å²) < 4.78 is 63.5. The summed E-state index contributed by atoms with van der Waals surface area (Å²) >= 11 is 0. The minimum Gasteiger partial charge on any atom is -0.493 e. The highest BCUT2D eigenvalue weighted by atomic mass is 19.4. The quantitative estimate of drug-likeness (QED) is 0.262. The van der Waals surface area contributed by atoms with Crippen LogP contribution in [0.4, 0.5) is 23.2 Å². The molecular weight excluding hydrogens is 452 g/mol. The fraction of sp³-hybridized carbons (Fsp3) is 0.120. The van der Waals surface area contributed by atoms with Crippen LogP contribution in [0.5, 0.6) is 11.5 Å². The number of para-hydroxylation sites is 1. The molecule has 0 aliphatic carbocycles. The number of rotatable bonds is 7. The predicted octanol–water partition coefficient (Wildman–Crippen LogP) is 5.98. The van der Waals surface area contributed by atoms with E-state index in [1.807, 2.05) is 0 Å². The second-order valence-corrected chi connectivity index (χ2v) is 6.99. The Hall–Kier alpha value is -4.32. The minimum absolute atomic E-state index is 0.149. The Balaban J connectivity index is 1.78. The molecular formula is C25H18F4N2O3. The summed E-state index contributed by atoms with van der Waals surface area (Å²) in [5.74, 6) is -0.687. The fourth-order valence-corrected chi connectivity index (χ4v) is 2.98. The van der Waals surface area contributed by atoms with E-state index in [-0.39, 0.29) is 12.4 Å². The summed E-state index contributed by atoms with van der Waals surface area (Å²) in [6.45, 7) is 0.149. The van der Waals surface area contributed by atoms with Crippen LogP contribution >= 0.6 is 0 Å². The zero-order chi connectivity index (χ0) is 24.7. The number of ether oxygens (including phenoxy) is 2. The van der Waals surface area contributed by atoms with E-state index < -0.39 is 28.9 Å². The lowest BCUT2D eigenvalue weighted by Gasteiger charge is -2.13. The van der Waals surface area contributed by atoms with Crippen LogP contribution in [0.2, 0.25) is 0 Å². The van der Waals surface area contributed by atoms with Gasteiger partial charge in [-0.05, 0) is 53.6 Å². The second-order valence-electron chi connectivity index (χ2n) is 6.99. The molecule has 5 nitrogen and oxygen atoms in total. The van der Waals surface area contributed by atoms with Crippen molar-refractivity contribution in [3.05, 3.63) is 94.8 Å². The number of amides is 1. The number of hydrogen-bond donors (Lipinski definition) is 1. The molecule has 3 aromatic rings. The third-order valence-corrected chi connectivity index (χ3v) is 4.65. The number of anilines is 1. The van der Waals surface area contributed by atoms with Crippen LogP contribution in [0.25, 0.3) is 6.08 Å². The van der Waals surface area contributed by atoms with Crippen molar-refractivity contribution >= 4 is 17.7 Å². The largest absolute Gasteiger partial charge is 0.493 e. The number of carbonyl (C=O) groups is 1. The molecule has 0 unspecified atom stereocenters. The molecule has 0 aliphatic rings. The number of nitrogens with one attached hydrogen (secondary N) is 1. The fourth-order valence-electron chi connectivity index (χ4n) is 2.98. The molecule has 0 saturated carbocycles. The Morgan fingerprint density at radius 1 is 1.06 bits per heavy atom. The van der Waals surface area contributed by atoms with Gasteiger partial charge in [-0.2, -0.15) is 18.4 Å². The number of carbonyl (C=O) groups excluding carboxylic acids is 1. The van der Waals surface area contributed by atoms with Gasteiger partial charge in [0.2, 0.25) is 0 Å². The molecule has 0 aromatic heterocycles. The van der Waals surface area contributed by atoms with Crippen molar-refractivity contribution in [3.63, 3.8) is 0 Å². The lowest BCUT2D eigenvalue weighted by molar-refractivity contribution is -0.137. The van der Waals surface area contributed by atoms with Gasteiger partial charge in [-0.15, -0.1) is 0 Å². The van der Waals surface area contributed by atoms with E-state index in [2.05, 4.69) is 5.32 Å². The van der Waals surface area contributed by atoms with Gasteiger partial charge in [0, 0.05) is 0 Å². The van der Waals surface area contributed by atoms with Crippen LogP contribution < -0.4 is 14.8 Å². The molecule has 0 atom stereocenters. The van der Waals surface area contributed by atoms with Crippen molar-refractivity contribution in [1.29, 1.82) is 5.26 Å². The summed E-state index contributed by atoms with van der Waals surface area (Å²) in [6, 6.07) is 16.6. The molecule has 0 fully saturated rings. The van der Waals surface area contributed by atoms with Gasteiger partial charge in [0.05, 0.1) is 18.4 Å². The average molecular weight is 470 g/mol. The maximum atomic E-state index is 13.2. The van der Waals surface area contributed by atoms with E-state index in [4.69, 9.17) is 9.47 Å². The molecule has 34 heavy (non-hydrogen) atoms. The number of methoxy groups -OCH3 is 1. The van der Waals surface area contributed by atoms with Crippen molar-refractivity contribution in [2.75, 3.05) is 12.4 Å². The highest BCUT2D eigenvalue weighted by Gasteiger charge is 2.33. The van der Waals surface area contributed by atoms with E-state index in [9.17, 15) is 27.6 Å². The van der Waals surface area contributed by atoms with Crippen LogP contribution in [-0.2, 0) is 17.6 Å². The second kappa shape index (κ2) is 10.5. The van der Waals surface area contributed by atoms with Crippen LogP contribution in [-0.4, -0.2) is 13.0 Å². The van der Waals surface area contributed by atoms with E-state index in [1.54, 1.807) is 30.3 Å². The number of hydrogen-bond acceptors (Lipinski definition) is 4.